The van der Waals surface area contributed by atoms with E-state index >= 15 is 0 Å². The predicted octanol–water partition coefficient (Wildman–Crippen LogP) is 0.727. The van der Waals surface area contributed by atoms with Gasteiger partial charge in [-0.1, -0.05) is 6.92 Å². The quantitative estimate of drug-likeness (QED) is 0.616. The fourth-order valence-corrected chi connectivity index (χ4v) is 2.25. The molecule has 0 spiro atoms. The Labute approximate surface area is 114 Å². The lowest BCUT2D eigenvalue weighted by Gasteiger charge is -2.20. The molecule has 1 unspecified atom stereocenters. The van der Waals surface area contributed by atoms with Gasteiger partial charge in [-0.05, 0) is 13.3 Å². The number of carbonyl (C=O) groups excluding carboxylic acids is 1. The van der Waals surface area contributed by atoms with Crippen molar-refractivity contribution in [3.63, 3.8) is 0 Å². The molecule has 0 bridgehead atoms. The number of hydrogen-bond acceptors (Lipinski definition) is 5. The Morgan fingerprint density at radius 3 is 2.58 bits per heavy atom. The highest BCUT2D eigenvalue weighted by atomic mass is 32.1. The lowest BCUT2D eigenvalue weighted by molar-refractivity contribution is -0.141. The molecule has 4 N–H and O–H groups in total. The summed E-state index contributed by atoms with van der Waals surface area (Å²) in [5, 5.41) is 25.5. The van der Waals surface area contributed by atoms with Crippen LogP contribution in [0.4, 0.5) is 4.79 Å². The molecule has 1 aromatic rings. The van der Waals surface area contributed by atoms with Crippen molar-refractivity contribution in [1.82, 2.24) is 15.6 Å². The molecule has 1 rings (SSSR count). The molecule has 0 saturated carbocycles. The molecular weight excluding hydrogens is 270 g/mol. The van der Waals surface area contributed by atoms with Gasteiger partial charge in [0, 0.05) is 11.6 Å². The summed E-state index contributed by atoms with van der Waals surface area (Å²) in [4.78, 5) is 26.7. The van der Waals surface area contributed by atoms with E-state index < -0.39 is 24.1 Å². The summed E-state index contributed by atoms with van der Waals surface area (Å²) in [5.41, 5.74) is 0. The van der Waals surface area contributed by atoms with Crippen molar-refractivity contribution >= 4 is 23.3 Å². The smallest absolute Gasteiger partial charge is 0.328 e. The first-order valence-electron chi connectivity index (χ1n) is 5.83. The number of hydrogen-bond donors (Lipinski definition) is 4. The number of aromatic nitrogens is 1. The van der Waals surface area contributed by atoms with Crippen LogP contribution in [0.5, 0.6) is 0 Å². The molecule has 0 aliphatic carbocycles. The maximum absolute atomic E-state index is 11.7. The maximum atomic E-state index is 11.7. The normalized spacial score (nSPS) is 15.3. The first kappa shape index (κ1) is 15.4. The number of aliphatic carboxylic acids is 1. The van der Waals surface area contributed by atoms with Crippen LogP contribution in [0.25, 0.3) is 0 Å². The monoisotopic (exact) mass is 287 g/mol. The lowest BCUT2D eigenvalue weighted by atomic mass is 10.2. The van der Waals surface area contributed by atoms with Crippen LogP contribution in [0, 0.1) is 0 Å². The summed E-state index contributed by atoms with van der Waals surface area (Å²) < 4.78 is 0. The van der Waals surface area contributed by atoms with Gasteiger partial charge in [0.15, 0.2) is 6.04 Å². The van der Waals surface area contributed by atoms with Gasteiger partial charge in [-0.2, -0.15) is 0 Å². The zero-order chi connectivity index (χ0) is 14.4. The SMILES string of the molecule is CCC(NC(=O)N[C@H](C(=O)O)[C@@H](C)O)c1nccs1. The van der Waals surface area contributed by atoms with Gasteiger partial charge in [-0.15, -0.1) is 11.3 Å². The summed E-state index contributed by atoms with van der Waals surface area (Å²) in [6, 6.07) is -2.26. The van der Waals surface area contributed by atoms with Crippen molar-refractivity contribution < 1.29 is 19.8 Å². The number of carboxylic acids is 1. The standard InChI is InChI=1S/C11H17N3O4S/c1-3-7(9-12-4-5-19-9)13-11(18)14-8(6(2)15)10(16)17/h4-8,15H,3H2,1-2H3,(H,16,17)(H2,13,14,18)/t6-,7?,8+/m1/s1. The number of carbonyl (C=O) groups is 2. The number of urea groups is 1. The molecule has 106 valence electrons. The molecule has 1 heterocycles. The van der Waals surface area contributed by atoms with E-state index in [0.29, 0.717) is 6.42 Å². The van der Waals surface area contributed by atoms with Gasteiger partial charge >= 0.3 is 12.0 Å². The first-order valence-corrected chi connectivity index (χ1v) is 6.71. The number of aliphatic hydroxyl groups excluding tert-OH is 1. The molecule has 0 aliphatic rings. The predicted molar refractivity (Wildman–Crippen MR) is 69.9 cm³/mol. The van der Waals surface area contributed by atoms with Crippen LogP contribution in [0.2, 0.25) is 0 Å². The average molecular weight is 287 g/mol. The van der Waals surface area contributed by atoms with E-state index in [-0.39, 0.29) is 6.04 Å². The molecule has 19 heavy (non-hydrogen) atoms. The van der Waals surface area contributed by atoms with E-state index in [4.69, 9.17) is 5.11 Å². The van der Waals surface area contributed by atoms with Crippen LogP contribution in [-0.2, 0) is 4.79 Å². The van der Waals surface area contributed by atoms with Crippen LogP contribution in [0.3, 0.4) is 0 Å². The third-order valence-corrected chi connectivity index (χ3v) is 3.39. The minimum atomic E-state index is -1.34. The molecule has 7 nitrogen and oxygen atoms in total. The third-order valence-electron chi connectivity index (χ3n) is 2.50. The zero-order valence-electron chi connectivity index (χ0n) is 10.7. The van der Waals surface area contributed by atoms with Crippen molar-refractivity contribution in [1.29, 1.82) is 0 Å². The second kappa shape index (κ2) is 7.05. The molecule has 3 atom stereocenters. The topological polar surface area (TPSA) is 112 Å². The highest BCUT2D eigenvalue weighted by Gasteiger charge is 2.26. The van der Waals surface area contributed by atoms with Crippen LogP contribution in [0.15, 0.2) is 11.6 Å². The Hall–Kier alpha value is -1.67. The van der Waals surface area contributed by atoms with Crippen LogP contribution in [-0.4, -0.2) is 39.3 Å². The first-order chi connectivity index (χ1) is 8.95. The number of carboxylic acid groups (broad SMARTS) is 1. The minimum Gasteiger partial charge on any atom is -0.480 e. The Morgan fingerprint density at radius 1 is 1.47 bits per heavy atom. The van der Waals surface area contributed by atoms with Gasteiger partial charge in [0.1, 0.15) is 5.01 Å². The van der Waals surface area contributed by atoms with Crippen molar-refractivity contribution in [2.45, 2.75) is 38.5 Å². The van der Waals surface area contributed by atoms with Crippen LogP contribution < -0.4 is 10.6 Å². The highest BCUT2D eigenvalue weighted by molar-refractivity contribution is 7.09. The Morgan fingerprint density at radius 2 is 2.16 bits per heavy atom. The van der Waals surface area contributed by atoms with Gasteiger partial charge in [0.05, 0.1) is 12.1 Å². The van der Waals surface area contributed by atoms with Crippen molar-refractivity contribution in [3.05, 3.63) is 16.6 Å². The van der Waals surface area contributed by atoms with Gasteiger partial charge in [-0.25, -0.2) is 14.6 Å². The van der Waals surface area contributed by atoms with E-state index in [1.165, 1.54) is 18.3 Å². The number of amides is 2. The van der Waals surface area contributed by atoms with E-state index in [0.717, 1.165) is 5.01 Å². The van der Waals surface area contributed by atoms with Gasteiger partial charge in [-0.3, -0.25) is 0 Å². The second-order valence-electron chi connectivity index (χ2n) is 4.01. The Balaban J connectivity index is 2.61. The fourth-order valence-electron chi connectivity index (χ4n) is 1.47. The van der Waals surface area contributed by atoms with E-state index in [1.54, 1.807) is 11.6 Å². The number of aliphatic hydroxyl groups is 1. The fraction of sp³-hybridized carbons (Fsp3) is 0.545. The van der Waals surface area contributed by atoms with Crippen LogP contribution in [0.1, 0.15) is 31.3 Å². The van der Waals surface area contributed by atoms with E-state index in [1.807, 2.05) is 6.92 Å². The second-order valence-corrected chi connectivity index (χ2v) is 4.93. The minimum absolute atomic E-state index is 0.275. The Bertz CT molecular complexity index is 422. The molecule has 0 fully saturated rings. The van der Waals surface area contributed by atoms with Crippen molar-refractivity contribution in [2.75, 3.05) is 0 Å². The number of nitrogens with zero attached hydrogens (tertiary/aromatic N) is 1. The zero-order valence-corrected chi connectivity index (χ0v) is 11.5. The largest absolute Gasteiger partial charge is 0.480 e. The molecular formula is C11H17N3O4S. The van der Waals surface area contributed by atoms with Gasteiger partial charge in [0.2, 0.25) is 0 Å². The van der Waals surface area contributed by atoms with Gasteiger partial charge in [0.25, 0.3) is 0 Å². The molecule has 0 aliphatic heterocycles. The summed E-state index contributed by atoms with van der Waals surface area (Å²) in [5.74, 6) is -1.28. The maximum Gasteiger partial charge on any atom is 0.328 e. The third kappa shape index (κ3) is 4.49. The molecule has 0 saturated heterocycles. The highest BCUT2D eigenvalue weighted by Crippen LogP contribution is 2.18. The van der Waals surface area contributed by atoms with Crippen LogP contribution >= 0.6 is 11.3 Å². The average Bonchev–Trinajstić information content (AvgIpc) is 2.85. The lowest BCUT2D eigenvalue weighted by Crippen LogP contribution is -2.51. The Kier molecular flexibility index (Phi) is 5.71. The summed E-state index contributed by atoms with van der Waals surface area (Å²) >= 11 is 1.41. The van der Waals surface area contributed by atoms with Gasteiger partial charge < -0.3 is 20.8 Å². The molecule has 0 aromatic carbocycles. The molecule has 1 aromatic heterocycles. The van der Waals surface area contributed by atoms with Crippen molar-refractivity contribution in [3.8, 4) is 0 Å². The summed E-state index contributed by atoms with van der Waals surface area (Å²) in [6.07, 6.45) is 1.09. The number of rotatable bonds is 6. The van der Waals surface area contributed by atoms with E-state index in [9.17, 15) is 14.7 Å². The molecule has 0 radical (unpaired) electrons. The summed E-state index contributed by atoms with van der Waals surface area (Å²) in [7, 11) is 0. The molecule has 2 amide bonds. The number of nitrogens with one attached hydrogen (secondary N) is 2. The van der Waals surface area contributed by atoms with Crippen molar-refractivity contribution in [2.24, 2.45) is 0 Å². The van der Waals surface area contributed by atoms with E-state index in [2.05, 4.69) is 15.6 Å². The summed E-state index contributed by atoms with van der Waals surface area (Å²) in [6.45, 7) is 3.19. The molecule has 8 heteroatoms. The number of thiazole rings is 1.